The number of phenolic OH excluding ortho intramolecular Hbond substituents is 1. The average Bonchev–Trinajstić information content (AvgIpc) is 2.29. The third-order valence-corrected chi connectivity index (χ3v) is 2.03. The lowest BCUT2D eigenvalue weighted by atomic mass is 10.1. The van der Waals surface area contributed by atoms with E-state index in [1.54, 1.807) is 24.3 Å². The fraction of sp³-hybridized carbons (Fsp3) is 0.167. The van der Waals surface area contributed by atoms with Crippen LogP contribution in [0.5, 0.6) is 5.75 Å². The Morgan fingerprint density at radius 1 is 1.18 bits per heavy atom. The summed E-state index contributed by atoms with van der Waals surface area (Å²) in [6, 6.07) is 6.66. The number of benzene rings is 1. The first-order chi connectivity index (χ1) is 8.08. The molecule has 0 fully saturated rings. The summed E-state index contributed by atoms with van der Waals surface area (Å²) in [5, 5.41) is 19.9. The van der Waals surface area contributed by atoms with Crippen LogP contribution in [0.1, 0.15) is 5.56 Å². The molecule has 0 saturated carbocycles. The monoisotopic (exact) mass is 235 g/mol. The fourth-order valence-electron chi connectivity index (χ4n) is 1.20. The number of aromatic hydroxyl groups is 1. The van der Waals surface area contributed by atoms with Crippen LogP contribution in [0.25, 0.3) is 0 Å². The molecule has 0 radical (unpaired) electrons. The number of carboxylic acid groups (broad SMARTS) is 1. The summed E-state index contributed by atoms with van der Waals surface area (Å²) in [4.78, 5) is 21.2. The molecule has 0 aromatic heterocycles. The Labute approximate surface area is 98.4 Å². The maximum absolute atomic E-state index is 11.1. The molecule has 0 spiro atoms. The first-order valence-corrected chi connectivity index (χ1v) is 5.04. The molecule has 0 aliphatic carbocycles. The maximum Gasteiger partial charge on any atom is 0.328 e. The molecule has 0 aliphatic heterocycles. The number of phenols is 1. The summed E-state index contributed by atoms with van der Waals surface area (Å²) in [7, 11) is 0. The van der Waals surface area contributed by atoms with Crippen molar-refractivity contribution >= 4 is 11.9 Å². The van der Waals surface area contributed by atoms with Crippen LogP contribution in [-0.2, 0) is 16.0 Å². The number of nitrogens with one attached hydrogen (secondary N) is 1. The second-order valence-corrected chi connectivity index (χ2v) is 3.38. The molecule has 0 atom stereocenters. The van der Waals surface area contributed by atoms with Crippen LogP contribution in [0.4, 0.5) is 0 Å². The highest BCUT2D eigenvalue weighted by Gasteiger charge is 1.97. The minimum Gasteiger partial charge on any atom is -0.508 e. The first-order valence-electron chi connectivity index (χ1n) is 5.04. The predicted molar refractivity (Wildman–Crippen MR) is 61.6 cm³/mol. The van der Waals surface area contributed by atoms with E-state index in [1.165, 1.54) is 0 Å². The molecule has 1 aromatic carbocycles. The Hall–Kier alpha value is -2.30. The summed E-state index contributed by atoms with van der Waals surface area (Å²) in [6.45, 7) is 0.410. The quantitative estimate of drug-likeness (QED) is 0.655. The first kappa shape index (κ1) is 12.8. The Balaban J connectivity index is 2.30. The number of carbonyl (C=O) groups is 2. The molecule has 0 heterocycles. The Bertz CT molecular complexity index is 423. The van der Waals surface area contributed by atoms with E-state index in [4.69, 9.17) is 10.2 Å². The van der Waals surface area contributed by atoms with Gasteiger partial charge in [-0.2, -0.15) is 0 Å². The molecule has 1 amide bonds. The smallest absolute Gasteiger partial charge is 0.328 e. The van der Waals surface area contributed by atoms with Gasteiger partial charge in [0.2, 0.25) is 5.91 Å². The third kappa shape index (κ3) is 5.36. The highest BCUT2D eigenvalue weighted by Crippen LogP contribution is 2.09. The van der Waals surface area contributed by atoms with Crippen molar-refractivity contribution in [3.63, 3.8) is 0 Å². The van der Waals surface area contributed by atoms with E-state index in [9.17, 15) is 9.59 Å². The second kappa shape index (κ2) is 6.32. The summed E-state index contributed by atoms with van der Waals surface area (Å²) in [5.74, 6) is -1.40. The van der Waals surface area contributed by atoms with Gasteiger partial charge in [0.15, 0.2) is 0 Å². The van der Waals surface area contributed by atoms with E-state index in [2.05, 4.69) is 5.32 Å². The molecule has 0 aliphatic rings. The van der Waals surface area contributed by atoms with E-state index < -0.39 is 11.9 Å². The Kier molecular flexibility index (Phi) is 4.75. The molecule has 17 heavy (non-hydrogen) atoms. The van der Waals surface area contributed by atoms with Crippen LogP contribution in [0.15, 0.2) is 36.4 Å². The number of carboxylic acids is 1. The van der Waals surface area contributed by atoms with Crippen LogP contribution in [0.3, 0.4) is 0 Å². The molecule has 1 aromatic rings. The predicted octanol–water partition coefficient (Wildman–Crippen LogP) is 0.692. The highest BCUT2D eigenvalue weighted by molar-refractivity contribution is 5.93. The highest BCUT2D eigenvalue weighted by atomic mass is 16.4. The number of hydrogen-bond donors (Lipinski definition) is 3. The molecule has 1 rings (SSSR count). The van der Waals surface area contributed by atoms with Crippen molar-refractivity contribution in [3.05, 3.63) is 42.0 Å². The Morgan fingerprint density at radius 2 is 1.82 bits per heavy atom. The van der Waals surface area contributed by atoms with E-state index in [0.29, 0.717) is 13.0 Å². The van der Waals surface area contributed by atoms with Crippen molar-refractivity contribution < 1.29 is 19.8 Å². The van der Waals surface area contributed by atoms with Gasteiger partial charge in [0.1, 0.15) is 5.75 Å². The van der Waals surface area contributed by atoms with E-state index >= 15 is 0 Å². The molecule has 5 heteroatoms. The zero-order chi connectivity index (χ0) is 12.7. The van der Waals surface area contributed by atoms with E-state index in [1.807, 2.05) is 0 Å². The number of carbonyl (C=O) groups excluding carboxylic acids is 1. The molecule has 0 bridgehead atoms. The lowest BCUT2D eigenvalue weighted by Gasteiger charge is -2.02. The van der Waals surface area contributed by atoms with Crippen LogP contribution in [-0.4, -0.2) is 28.6 Å². The summed E-state index contributed by atoms with van der Waals surface area (Å²) in [5.41, 5.74) is 0.977. The van der Waals surface area contributed by atoms with Crippen LogP contribution >= 0.6 is 0 Å². The third-order valence-electron chi connectivity index (χ3n) is 2.03. The van der Waals surface area contributed by atoms with Gasteiger partial charge in [-0.3, -0.25) is 4.79 Å². The van der Waals surface area contributed by atoms with Gasteiger partial charge in [-0.1, -0.05) is 12.1 Å². The number of rotatable bonds is 5. The van der Waals surface area contributed by atoms with Gasteiger partial charge in [0.25, 0.3) is 0 Å². The fourth-order valence-corrected chi connectivity index (χ4v) is 1.20. The van der Waals surface area contributed by atoms with E-state index in [0.717, 1.165) is 17.7 Å². The molecule has 5 nitrogen and oxygen atoms in total. The van der Waals surface area contributed by atoms with Crippen LogP contribution in [0, 0.1) is 0 Å². The van der Waals surface area contributed by atoms with Gasteiger partial charge in [-0.25, -0.2) is 4.79 Å². The molecule has 90 valence electrons. The minimum atomic E-state index is -1.15. The van der Waals surface area contributed by atoms with Gasteiger partial charge in [0.05, 0.1) is 0 Å². The lowest BCUT2D eigenvalue weighted by Crippen LogP contribution is -2.23. The standard InChI is InChI=1S/C12H13NO4/c14-10-3-1-9(2-4-10)7-8-13-11(15)5-6-12(16)17/h1-6,14H,7-8H2,(H,13,15)(H,16,17)/b6-5-. The number of aliphatic carboxylic acids is 1. The van der Waals surface area contributed by atoms with Crippen molar-refractivity contribution in [3.8, 4) is 5.75 Å². The molecule has 3 N–H and O–H groups in total. The largest absolute Gasteiger partial charge is 0.508 e. The number of hydrogen-bond acceptors (Lipinski definition) is 3. The summed E-state index contributed by atoms with van der Waals surface area (Å²) < 4.78 is 0. The summed E-state index contributed by atoms with van der Waals surface area (Å²) >= 11 is 0. The van der Waals surface area contributed by atoms with Gasteiger partial charge in [0, 0.05) is 18.7 Å². The van der Waals surface area contributed by atoms with Crippen molar-refractivity contribution in [2.24, 2.45) is 0 Å². The maximum atomic E-state index is 11.1. The summed E-state index contributed by atoms with van der Waals surface area (Å²) in [6.07, 6.45) is 2.38. The Morgan fingerprint density at radius 3 is 2.41 bits per heavy atom. The van der Waals surface area contributed by atoms with Crippen molar-refractivity contribution in [2.45, 2.75) is 6.42 Å². The average molecular weight is 235 g/mol. The second-order valence-electron chi connectivity index (χ2n) is 3.38. The van der Waals surface area contributed by atoms with E-state index in [-0.39, 0.29) is 5.75 Å². The van der Waals surface area contributed by atoms with Gasteiger partial charge in [-0.05, 0) is 24.1 Å². The van der Waals surface area contributed by atoms with Crippen molar-refractivity contribution in [1.29, 1.82) is 0 Å². The van der Waals surface area contributed by atoms with Crippen molar-refractivity contribution in [2.75, 3.05) is 6.54 Å². The van der Waals surface area contributed by atoms with Crippen LogP contribution in [0.2, 0.25) is 0 Å². The normalized spacial score (nSPS) is 10.4. The topological polar surface area (TPSA) is 86.6 Å². The molecular formula is C12H13NO4. The zero-order valence-electron chi connectivity index (χ0n) is 9.09. The number of amides is 1. The molecule has 0 unspecified atom stereocenters. The van der Waals surface area contributed by atoms with Crippen molar-refractivity contribution in [1.82, 2.24) is 5.32 Å². The molecule has 0 saturated heterocycles. The zero-order valence-corrected chi connectivity index (χ0v) is 9.09. The SMILES string of the molecule is O=C(O)/C=C\C(=O)NCCc1ccc(O)cc1. The molecular weight excluding hydrogens is 222 g/mol. The van der Waals surface area contributed by atoms with Gasteiger partial charge in [-0.15, -0.1) is 0 Å². The van der Waals surface area contributed by atoms with Gasteiger partial charge >= 0.3 is 5.97 Å². The lowest BCUT2D eigenvalue weighted by molar-refractivity contribution is -0.131. The minimum absolute atomic E-state index is 0.196. The van der Waals surface area contributed by atoms with Crippen LogP contribution < -0.4 is 5.32 Å². The van der Waals surface area contributed by atoms with Gasteiger partial charge < -0.3 is 15.5 Å².